The lowest BCUT2D eigenvalue weighted by Gasteiger charge is -2.33. The highest BCUT2D eigenvalue weighted by molar-refractivity contribution is 5.66. The van der Waals surface area contributed by atoms with Gasteiger partial charge in [-0.15, -0.1) is 0 Å². The summed E-state index contributed by atoms with van der Waals surface area (Å²) in [4.78, 5) is 13.0. The van der Waals surface area contributed by atoms with E-state index in [9.17, 15) is 4.79 Å². The monoisotopic (exact) mass is 431 g/mol. The van der Waals surface area contributed by atoms with Gasteiger partial charge in [-0.2, -0.15) is 0 Å². The van der Waals surface area contributed by atoms with Crippen molar-refractivity contribution in [2.75, 3.05) is 26.2 Å². The third-order valence-electron chi connectivity index (χ3n) is 5.85. The molecule has 0 bridgehead atoms. The first kappa shape index (κ1) is 22.1. The van der Waals surface area contributed by atoms with Crippen LogP contribution in [-0.2, 0) is 16.1 Å². The maximum atomic E-state index is 10.9. The van der Waals surface area contributed by atoms with Crippen LogP contribution in [0.1, 0.15) is 29.2 Å². The molecule has 5 heteroatoms. The van der Waals surface area contributed by atoms with Crippen molar-refractivity contribution >= 4 is 5.97 Å². The van der Waals surface area contributed by atoms with Gasteiger partial charge in [-0.05, 0) is 46.9 Å². The molecule has 32 heavy (non-hydrogen) atoms. The molecule has 1 atom stereocenters. The minimum Gasteiger partial charge on any atom is -0.489 e. The minimum atomic E-state index is -0.763. The van der Waals surface area contributed by atoms with E-state index in [1.54, 1.807) is 0 Å². The van der Waals surface area contributed by atoms with E-state index < -0.39 is 5.97 Å². The summed E-state index contributed by atoms with van der Waals surface area (Å²) in [6.45, 7) is 5.22. The largest absolute Gasteiger partial charge is 0.489 e. The Kier molecular flexibility index (Phi) is 7.20. The third-order valence-corrected chi connectivity index (χ3v) is 5.85. The normalized spacial score (nSPS) is 16.6. The van der Waals surface area contributed by atoms with Crippen LogP contribution >= 0.6 is 0 Å². The average molecular weight is 432 g/mol. The Labute approximate surface area is 189 Å². The molecular weight excluding hydrogens is 402 g/mol. The summed E-state index contributed by atoms with van der Waals surface area (Å²) in [5.41, 5.74) is 5.77. The van der Waals surface area contributed by atoms with Gasteiger partial charge in [0.2, 0.25) is 0 Å². The Morgan fingerprint density at radius 1 is 1.06 bits per heavy atom. The fourth-order valence-electron chi connectivity index (χ4n) is 4.04. The molecule has 1 unspecified atom stereocenters. The fourth-order valence-corrected chi connectivity index (χ4v) is 4.04. The number of hydrogen-bond acceptors (Lipinski definition) is 4. The number of rotatable bonds is 8. The van der Waals surface area contributed by atoms with Gasteiger partial charge in [0.25, 0.3) is 0 Å². The summed E-state index contributed by atoms with van der Waals surface area (Å²) < 4.78 is 12.0. The second kappa shape index (κ2) is 10.4. The van der Waals surface area contributed by atoms with E-state index >= 15 is 0 Å². The smallest absolute Gasteiger partial charge is 0.304 e. The number of nitrogens with zero attached hydrogens (tertiary/aromatic N) is 1. The van der Waals surface area contributed by atoms with Crippen molar-refractivity contribution in [1.82, 2.24) is 4.90 Å². The topological polar surface area (TPSA) is 59.0 Å². The molecule has 0 amide bonds. The maximum Gasteiger partial charge on any atom is 0.304 e. The number of aryl methyl sites for hydroxylation is 1. The lowest BCUT2D eigenvalue weighted by molar-refractivity contribution is -0.137. The number of morpholine rings is 1. The number of carbonyl (C=O) groups is 1. The Bertz CT molecular complexity index is 1030. The quantitative estimate of drug-likeness (QED) is 0.538. The van der Waals surface area contributed by atoms with Crippen molar-refractivity contribution in [2.24, 2.45) is 0 Å². The zero-order chi connectivity index (χ0) is 22.3. The lowest BCUT2D eigenvalue weighted by atomic mass is 10.0. The second-order valence-electron chi connectivity index (χ2n) is 8.17. The molecular formula is C27H29NO4. The molecule has 0 saturated carbocycles. The average Bonchev–Trinajstić information content (AvgIpc) is 2.82. The van der Waals surface area contributed by atoms with Crippen molar-refractivity contribution in [3.8, 4) is 16.9 Å². The Balaban J connectivity index is 1.35. The number of benzene rings is 3. The SMILES string of the molecule is Cc1cc(OCc2ccc(-c3ccccc3)cc2)ccc1C1CN(CCC(=O)O)CCO1. The molecule has 5 nitrogen and oxygen atoms in total. The summed E-state index contributed by atoms with van der Waals surface area (Å²) in [6, 6.07) is 24.9. The predicted octanol–water partition coefficient (Wildman–Crippen LogP) is 5.09. The van der Waals surface area contributed by atoms with E-state index in [1.807, 2.05) is 30.3 Å². The zero-order valence-corrected chi connectivity index (χ0v) is 18.4. The first-order valence-electron chi connectivity index (χ1n) is 11.0. The predicted molar refractivity (Wildman–Crippen MR) is 125 cm³/mol. The van der Waals surface area contributed by atoms with E-state index in [-0.39, 0.29) is 12.5 Å². The first-order valence-corrected chi connectivity index (χ1v) is 11.0. The number of aliphatic carboxylic acids is 1. The summed E-state index contributed by atoms with van der Waals surface area (Å²) in [5, 5.41) is 8.93. The molecule has 0 spiro atoms. The minimum absolute atomic E-state index is 0.0443. The van der Waals surface area contributed by atoms with Gasteiger partial charge >= 0.3 is 5.97 Å². The standard InChI is InChI=1S/C27H29NO4/c1-20-17-24(11-12-25(20)26-18-28(15-16-31-26)14-13-27(29)30)32-19-21-7-9-23(10-8-21)22-5-3-2-4-6-22/h2-12,17,26H,13-16,18-19H2,1H3,(H,29,30). The highest BCUT2D eigenvalue weighted by atomic mass is 16.5. The molecule has 1 saturated heterocycles. The van der Waals surface area contributed by atoms with Crippen LogP contribution < -0.4 is 4.74 Å². The van der Waals surface area contributed by atoms with Crippen LogP contribution in [0.4, 0.5) is 0 Å². The van der Waals surface area contributed by atoms with Crippen molar-refractivity contribution in [3.05, 3.63) is 89.5 Å². The summed E-state index contributed by atoms with van der Waals surface area (Å²) in [5.74, 6) is 0.0670. The maximum absolute atomic E-state index is 10.9. The number of ether oxygens (including phenoxy) is 2. The summed E-state index contributed by atoms with van der Waals surface area (Å²) >= 11 is 0. The number of carboxylic acids is 1. The Morgan fingerprint density at radius 3 is 2.53 bits per heavy atom. The van der Waals surface area contributed by atoms with E-state index in [1.165, 1.54) is 11.1 Å². The zero-order valence-electron chi connectivity index (χ0n) is 18.4. The van der Waals surface area contributed by atoms with Gasteiger partial charge in [0.15, 0.2) is 0 Å². The molecule has 166 valence electrons. The van der Waals surface area contributed by atoms with Gasteiger partial charge in [-0.25, -0.2) is 0 Å². The van der Waals surface area contributed by atoms with Crippen molar-refractivity contribution in [2.45, 2.75) is 26.1 Å². The molecule has 1 aliphatic heterocycles. The van der Waals surface area contributed by atoms with Crippen LogP contribution in [0.2, 0.25) is 0 Å². The van der Waals surface area contributed by atoms with Crippen LogP contribution in [0.5, 0.6) is 5.75 Å². The molecule has 1 N–H and O–H groups in total. The summed E-state index contributed by atoms with van der Waals surface area (Å²) in [7, 11) is 0. The van der Waals surface area contributed by atoms with Crippen LogP contribution in [0.25, 0.3) is 11.1 Å². The Morgan fingerprint density at radius 2 is 1.81 bits per heavy atom. The first-order chi connectivity index (χ1) is 15.6. The molecule has 1 fully saturated rings. The van der Waals surface area contributed by atoms with Crippen molar-refractivity contribution < 1.29 is 19.4 Å². The van der Waals surface area contributed by atoms with Gasteiger partial charge < -0.3 is 14.6 Å². The second-order valence-corrected chi connectivity index (χ2v) is 8.17. The molecule has 1 heterocycles. The molecule has 0 aliphatic carbocycles. The summed E-state index contributed by atoms with van der Waals surface area (Å²) in [6.07, 6.45) is 0.113. The molecule has 1 aliphatic rings. The van der Waals surface area contributed by atoms with E-state index in [2.05, 4.69) is 54.3 Å². The Hall–Kier alpha value is -3.15. The van der Waals surface area contributed by atoms with Gasteiger partial charge in [0.1, 0.15) is 12.4 Å². The van der Waals surface area contributed by atoms with Crippen LogP contribution in [0.15, 0.2) is 72.8 Å². The van der Waals surface area contributed by atoms with Crippen molar-refractivity contribution in [3.63, 3.8) is 0 Å². The highest BCUT2D eigenvalue weighted by Crippen LogP contribution is 2.28. The van der Waals surface area contributed by atoms with Gasteiger partial charge in [-0.3, -0.25) is 9.69 Å². The van der Waals surface area contributed by atoms with Gasteiger partial charge in [0.05, 0.1) is 19.1 Å². The van der Waals surface area contributed by atoms with Crippen molar-refractivity contribution in [1.29, 1.82) is 0 Å². The highest BCUT2D eigenvalue weighted by Gasteiger charge is 2.23. The lowest BCUT2D eigenvalue weighted by Crippen LogP contribution is -2.39. The van der Waals surface area contributed by atoms with E-state index in [0.29, 0.717) is 26.3 Å². The van der Waals surface area contributed by atoms with Gasteiger partial charge in [-0.1, -0.05) is 60.7 Å². The van der Waals surface area contributed by atoms with E-state index in [4.69, 9.17) is 14.6 Å². The third kappa shape index (κ3) is 5.75. The number of hydrogen-bond donors (Lipinski definition) is 1. The molecule has 0 aromatic heterocycles. The van der Waals surface area contributed by atoms with Gasteiger partial charge in [0, 0.05) is 19.6 Å². The fraction of sp³-hybridized carbons (Fsp3) is 0.296. The van der Waals surface area contributed by atoms with Crippen LogP contribution in [0, 0.1) is 6.92 Å². The molecule has 3 aromatic carbocycles. The molecule has 0 radical (unpaired) electrons. The molecule has 4 rings (SSSR count). The molecule has 3 aromatic rings. The van der Waals surface area contributed by atoms with Crippen LogP contribution in [0.3, 0.4) is 0 Å². The van der Waals surface area contributed by atoms with E-state index in [0.717, 1.165) is 29.0 Å². The number of carboxylic acid groups (broad SMARTS) is 1. The van der Waals surface area contributed by atoms with Crippen LogP contribution in [-0.4, -0.2) is 42.2 Å².